The first-order chi connectivity index (χ1) is 10.6. The maximum atomic E-state index is 12.4. The Morgan fingerprint density at radius 1 is 1.27 bits per heavy atom. The van der Waals surface area contributed by atoms with Crippen molar-refractivity contribution in [1.82, 2.24) is 0 Å². The van der Waals surface area contributed by atoms with Crippen molar-refractivity contribution in [1.29, 1.82) is 0 Å². The van der Waals surface area contributed by atoms with Gasteiger partial charge in [-0.15, -0.1) is 0 Å². The Morgan fingerprint density at radius 3 is 3.00 bits per heavy atom. The topological polar surface area (TPSA) is 49.7 Å². The maximum Gasteiger partial charge on any atom is 0.161 e. The number of nitrogens with zero attached hydrogens (tertiary/aromatic N) is 1. The maximum absolute atomic E-state index is 12.4. The van der Waals surface area contributed by atoms with Gasteiger partial charge < -0.3 is 5.11 Å². The molecule has 1 aromatic rings. The van der Waals surface area contributed by atoms with E-state index in [4.69, 9.17) is 4.99 Å². The number of halogens is 1. The molecule has 1 N–H and O–H groups in total. The van der Waals surface area contributed by atoms with Gasteiger partial charge in [-0.05, 0) is 43.2 Å². The standard InChI is InChI=1S/C17H16BrNO2S/c18-9-3-5-13(20)10(8-9)15-16-11(4-6-14(16)21)19-12-2-1-7-22-17(12)15/h3,5,8,15,17,20H,1-2,4,6-7H2. The molecule has 2 heterocycles. The number of hydrogen-bond donors (Lipinski definition) is 1. The van der Waals surface area contributed by atoms with Crippen LogP contribution in [-0.4, -0.2) is 27.6 Å². The molecule has 2 aliphatic heterocycles. The molecule has 114 valence electrons. The minimum atomic E-state index is -0.0553. The van der Waals surface area contributed by atoms with Crippen LogP contribution in [0.3, 0.4) is 0 Å². The van der Waals surface area contributed by atoms with Crippen molar-refractivity contribution < 1.29 is 9.90 Å². The highest BCUT2D eigenvalue weighted by Crippen LogP contribution is 2.49. The number of thioether (sulfide) groups is 1. The van der Waals surface area contributed by atoms with Crippen LogP contribution in [-0.2, 0) is 4.79 Å². The Hall–Kier alpha value is -1.07. The molecule has 3 aliphatic rings. The number of aromatic hydroxyl groups is 1. The van der Waals surface area contributed by atoms with Crippen LogP contribution in [0.5, 0.6) is 5.75 Å². The smallest absolute Gasteiger partial charge is 0.161 e. The number of carbonyl (C=O) groups is 1. The highest BCUT2D eigenvalue weighted by atomic mass is 79.9. The minimum Gasteiger partial charge on any atom is -0.508 e. The fraction of sp³-hybridized carbons (Fsp3) is 0.412. The fourth-order valence-corrected chi connectivity index (χ4v) is 5.44. The van der Waals surface area contributed by atoms with Crippen molar-refractivity contribution in [3.05, 3.63) is 39.5 Å². The number of phenols is 1. The molecule has 4 rings (SSSR count). The van der Waals surface area contributed by atoms with E-state index in [-0.39, 0.29) is 22.7 Å². The fourth-order valence-electron chi connectivity index (χ4n) is 3.66. The van der Waals surface area contributed by atoms with Gasteiger partial charge in [-0.3, -0.25) is 9.79 Å². The van der Waals surface area contributed by atoms with Gasteiger partial charge in [0.1, 0.15) is 5.75 Å². The number of aliphatic imine (C=N–C) groups is 1. The van der Waals surface area contributed by atoms with Gasteiger partial charge in [0.25, 0.3) is 0 Å². The molecular weight excluding hydrogens is 362 g/mol. The predicted octanol–water partition coefficient (Wildman–Crippen LogP) is 4.21. The molecule has 2 unspecified atom stereocenters. The molecule has 0 amide bonds. The third kappa shape index (κ3) is 2.26. The second-order valence-corrected chi connectivity index (χ2v) is 8.13. The lowest BCUT2D eigenvalue weighted by Crippen LogP contribution is -2.34. The van der Waals surface area contributed by atoms with E-state index in [0.29, 0.717) is 6.42 Å². The number of benzene rings is 1. The van der Waals surface area contributed by atoms with Gasteiger partial charge >= 0.3 is 0 Å². The average Bonchev–Trinajstić information content (AvgIpc) is 2.89. The van der Waals surface area contributed by atoms with E-state index in [1.165, 1.54) is 5.71 Å². The first kappa shape index (κ1) is 14.5. The van der Waals surface area contributed by atoms with Crippen molar-refractivity contribution in [3.8, 4) is 5.75 Å². The molecule has 1 aliphatic carbocycles. The zero-order valence-electron chi connectivity index (χ0n) is 12.0. The second kappa shape index (κ2) is 5.53. The van der Waals surface area contributed by atoms with E-state index in [2.05, 4.69) is 15.9 Å². The molecular formula is C17H16BrNO2S. The number of Topliss-reactive ketones (excluding diaryl/α,β-unsaturated/α-hetero) is 1. The van der Waals surface area contributed by atoms with Gasteiger partial charge in [0.15, 0.2) is 5.78 Å². The summed E-state index contributed by atoms with van der Waals surface area (Å²) in [5, 5.41) is 10.6. The molecule has 22 heavy (non-hydrogen) atoms. The number of allylic oxidation sites excluding steroid dienone is 2. The molecule has 0 bridgehead atoms. The number of phenolic OH excluding ortho intramolecular Hbond substituents is 1. The lowest BCUT2D eigenvalue weighted by Gasteiger charge is -2.35. The summed E-state index contributed by atoms with van der Waals surface area (Å²) in [7, 11) is 0. The Kier molecular flexibility index (Phi) is 3.65. The molecule has 5 heteroatoms. The van der Waals surface area contributed by atoms with Gasteiger partial charge in [0, 0.05) is 39.4 Å². The number of rotatable bonds is 1. The summed E-state index contributed by atoms with van der Waals surface area (Å²) in [5.41, 5.74) is 3.86. The normalized spacial score (nSPS) is 27.5. The molecule has 2 atom stereocenters. The van der Waals surface area contributed by atoms with Gasteiger partial charge in [-0.1, -0.05) is 15.9 Å². The van der Waals surface area contributed by atoms with E-state index in [1.54, 1.807) is 6.07 Å². The Labute approximate surface area is 142 Å². The van der Waals surface area contributed by atoms with E-state index < -0.39 is 0 Å². The van der Waals surface area contributed by atoms with Crippen LogP contribution in [0, 0.1) is 0 Å². The molecule has 1 fully saturated rings. The van der Waals surface area contributed by atoms with Crippen LogP contribution in [0.2, 0.25) is 0 Å². The van der Waals surface area contributed by atoms with E-state index in [1.807, 2.05) is 23.9 Å². The summed E-state index contributed by atoms with van der Waals surface area (Å²) in [6, 6.07) is 5.49. The predicted molar refractivity (Wildman–Crippen MR) is 92.7 cm³/mol. The third-order valence-electron chi connectivity index (χ3n) is 4.62. The molecule has 0 saturated carbocycles. The van der Waals surface area contributed by atoms with Crippen LogP contribution >= 0.6 is 27.7 Å². The van der Waals surface area contributed by atoms with Gasteiger partial charge in [0.2, 0.25) is 0 Å². The number of hydrogen-bond acceptors (Lipinski definition) is 4. The highest BCUT2D eigenvalue weighted by molar-refractivity contribution is 9.10. The van der Waals surface area contributed by atoms with Crippen LogP contribution in [0.15, 0.2) is 38.9 Å². The van der Waals surface area contributed by atoms with Gasteiger partial charge in [-0.2, -0.15) is 11.8 Å². The summed E-state index contributed by atoms with van der Waals surface area (Å²) in [4.78, 5) is 17.2. The number of fused-ring (bicyclic) bond motifs is 1. The summed E-state index contributed by atoms with van der Waals surface area (Å²) in [6.07, 6.45) is 3.46. The summed E-state index contributed by atoms with van der Waals surface area (Å²) in [5.74, 6) is 1.51. The number of ketones is 1. The van der Waals surface area contributed by atoms with Crippen molar-refractivity contribution in [2.24, 2.45) is 4.99 Å². The Balaban J connectivity index is 1.89. The van der Waals surface area contributed by atoms with Gasteiger partial charge in [0.05, 0.1) is 5.25 Å². The zero-order valence-corrected chi connectivity index (χ0v) is 14.4. The highest BCUT2D eigenvalue weighted by Gasteiger charge is 2.43. The van der Waals surface area contributed by atoms with Crippen molar-refractivity contribution in [2.75, 3.05) is 5.75 Å². The van der Waals surface area contributed by atoms with Crippen molar-refractivity contribution in [2.45, 2.75) is 36.9 Å². The Bertz CT molecular complexity index is 725. The lowest BCUT2D eigenvalue weighted by atomic mass is 9.81. The Morgan fingerprint density at radius 2 is 2.14 bits per heavy atom. The average molecular weight is 378 g/mol. The van der Waals surface area contributed by atoms with Crippen LogP contribution in [0.25, 0.3) is 0 Å². The first-order valence-corrected chi connectivity index (χ1v) is 9.43. The summed E-state index contributed by atoms with van der Waals surface area (Å²) >= 11 is 5.36. The molecule has 1 saturated heterocycles. The van der Waals surface area contributed by atoms with Crippen LogP contribution < -0.4 is 0 Å². The minimum absolute atomic E-state index is 0.0553. The monoisotopic (exact) mass is 377 g/mol. The molecule has 1 aromatic carbocycles. The first-order valence-electron chi connectivity index (χ1n) is 7.59. The summed E-state index contributed by atoms with van der Waals surface area (Å²) < 4.78 is 0.928. The van der Waals surface area contributed by atoms with Crippen molar-refractivity contribution in [3.63, 3.8) is 0 Å². The van der Waals surface area contributed by atoms with Crippen molar-refractivity contribution >= 4 is 39.2 Å². The number of carbonyl (C=O) groups excluding carboxylic acids is 1. The molecule has 0 radical (unpaired) electrons. The second-order valence-electron chi connectivity index (χ2n) is 5.96. The molecule has 0 spiro atoms. The van der Waals surface area contributed by atoms with Crippen LogP contribution in [0.4, 0.5) is 0 Å². The molecule has 0 aromatic heterocycles. The SMILES string of the molecule is O=C1CCC2=C1C(c1cc(Br)ccc1O)C1SCCCC1=N2. The third-order valence-corrected chi connectivity index (χ3v) is 6.54. The van der Waals surface area contributed by atoms with E-state index in [0.717, 1.165) is 46.3 Å². The summed E-state index contributed by atoms with van der Waals surface area (Å²) in [6.45, 7) is 0. The zero-order chi connectivity index (χ0) is 15.3. The van der Waals surface area contributed by atoms with Crippen LogP contribution in [0.1, 0.15) is 37.2 Å². The lowest BCUT2D eigenvalue weighted by molar-refractivity contribution is -0.115. The van der Waals surface area contributed by atoms with E-state index in [9.17, 15) is 9.90 Å². The van der Waals surface area contributed by atoms with E-state index >= 15 is 0 Å². The van der Waals surface area contributed by atoms with Gasteiger partial charge in [-0.25, -0.2) is 0 Å². The quantitative estimate of drug-likeness (QED) is 0.797. The molecule has 3 nitrogen and oxygen atoms in total. The largest absolute Gasteiger partial charge is 0.508 e.